The topological polar surface area (TPSA) is 87.7 Å². The lowest BCUT2D eigenvalue weighted by molar-refractivity contribution is 0.0296. The zero-order valence-electron chi connectivity index (χ0n) is 13.0. The number of benzene rings is 2. The Kier molecular flexibility index (Phi) is 5.86. The van der Waals surface area contributed by atoms with Gasteiger partial charge in [0, 0.05) is 11.4 Å². The van der Waals surface area contributed by atoms with E-state index in [0.717, 1.165) is 0 Å². The molecule has 2 rings (SSSR count). The molecule has 3 N–H and O–H groups in total. The lowest BCUT2D eigenvalue weighted by Gasteiger charge is -2.09. The molecule has 0 spiro atoms. The number of hydrogen-bond donors (Lipinski definition) is 3. The number of carbonyl (C=O) groups excluding carboxylic acids is 2. The van der Waals surface area contributed by atoms with Gasteiger partial charge in [-0.3, -0.25) is 0 Å². The maximum absolute atomic E-state index is 12.8. The summed E-state index contributed by atoms with van der Waals surface area (Å²) in [6.07, 6.45) is -0.731. The normalized spacial score (nSPS) is 11.5. The predicted molar refractivity (Wildman–Crippen MR) is 87.4 cm³/mol. The van der Waals surface area contributed by atoms with E-state index in [1.165, 1.54) is 43.3 Å². The summed E-state index contributed by atoms with van der Waals surface area (Å²) in [4.78, 5) is 23.5. The van der Waals surface area contributed by atoms with Crippen molar-refractivity contribution in [1.29, 1.82) is 0 Å². The molecule has 2 aromatic rings. The summed E-state index contributed by atoms with van der Waals surface area (Å²) in [5.74, 6) is -0.947. The van der Waals surface area contributed by atoms with Gasteiger partial charge in [0.05, 0.1) is 11.7 Å². The Labute approximate surface area is 138 Å². The first-order valence-electron chi connectivity index (χ1n) is 7.23. The summed E-state index contributed by atoms with van der Waals surface area (Å²) in [7, 11) is 0. The Hall–Kier alpha value is -2.93. The summed E-state index contributed by atoms with van der Waals surface area (Å²) in [6, 6.07) is 11.0. The van der Waals surface area contributed by atoms with Crippen molar-refractivity contribution in [2.45, 2.75) is 13.0 Å². The fourth-order valence-corrected chi connectivity index (χ4v) is 1.80. The third-order valence-corrected chi connectivity index (χ3v) is 2.94. The quantitative estimate of drug-likeness (QED) is 0.735. The van der Waals surface area contributed by atoms with Crippen LogP contribution in [0.25, 0.3) is 0 Å². The number of carbonyl (C=O) groups is 2. The third kappa shape index (κ3) is 5.36. The van der Waals surface area contributed by atoms with Crippen molar-refractivity contribution in [2.75, 3.05) is 17.2 Å². The number of halogens is 1. The molecule has 2 amide bonds. The van der Waals surface area contributed by atoms with E-state index in [2.05, 4.69) is 10.6 Å². The Morgan fingerprint density at radius 1 is 1.04 bits per heavy atom. The number of urea groups is 1. The fourth-order valence-electron chi connectivity index (χ4n) is 1.80. The molecule has 0 radical (unpaired) electrons. The molecule has 126 valence electrons. The lowest BCUT2D eigenvalue weighted by Crippen LogP contribution is -2.19. The number of hydrogen-bond acceptors (Lipinski definition) is 4. The van der Waals surface area contributed by atoms with E-state index in [4.69, 9.17) is 9.84 Å². The molecule has 2 aromatic carbocycles. The molecule has 0 aromatic heterocycles. The molecule has 0 saturated carbocycles. The monoisotopic (exact) mass is 332 g/mol. The average molecular weight is 332 g/mol. The summed E-state index contributed by atoms with van der Waals surface area (Å²) < 4.78 is 17.7. The first-order chi connectivity index (χ1) is 11.4. The summed E-state index contributed by atoms with van der Waals surface area (Å²) >= 11 is 0. The number of amides is 2. The van der Waals surface area contributed by atoms with Crippen LogP contribution in [0.3, 0.4) is 0 Å². The van der Waals surface area contributed by atoms with Gasteiger partial charge in [-0.25, -0.2) is 14.0 Å². The SMILES string of the molecule is CC(O)COC(=O)c1ccc(NC(=O)Nc2ccc(F)cc2)cc1. The Bertz CT molecular complexity index is 700. The minimum atomic E-state index is -0.731. The molecule has 0 aliphatic heterocycles. The number of aliphatic hydroxyl groups is 1. The highest BCUT2D eigenvalue weighted by Crippen LogP contribution is 2.13. The van der Waals surface area contributed by atoms with Gasteiger partial charge in [0.1, 0.15) is 12.4 Å². The number of anilines is 2. The maximum atomic E-state index is 12.8. The second-order valence-corrected chi connectivity index (χ2v) is 5.11. The van der Waals surface area contributed by atoms with Crippen LogP contribution in [0, 0.1) is 5.82 Å². The number of nitrogens with one attached hydrogen (secondary N) is 2. The van der Waals surface area contributed by atoms with Crippen molar-refractivity contribution >= 4 is 23.4 Å². The Balaban J connectivity index is 1.89. The highest BCUT2D eigenvalue weighted by Gasteiger charge is 2.09. The van der Waals surface area contributed by atoms with Crippen molar-refractivity contribution in [3.63, 3.8) is 0 Å². The van der Waals surface area contributed by atoms with E-state index in [1.807, 2.05) is 0 Å². The van der Waals surface area contributed by atoms with Crippen LogP contribution >= 0.6 is 0 Å². The summed E-state index contributed by atoms with van der Waals surface area (Å²) in [6.45, 7) is 1.43. The zero-order chi connectivity index (χ0) is 17.5. The average Bonchev–Trinajstić information content (AvgIpc) is 2.55. The molecule has 0 aliphatic carbocycles. The van der Waals surface area contributed by atoms with Crippen LogP contribution in [0.5, 0.6) is 0 Å². The molecular formula is C17H17FN2O4. The minimum Gasteiger partial charge on any atom is -0.459 e. The maximum Gasteiger partial charge on any atom is 0.338 e. The van der Waals surface area contributed by atoms with Gasteiger partial charge in [0.25, 0.3) is 0 Å². The van der Waals surface area contributed by atoms with Crippen molar-refractivity contribution in [1.82, 2.24) is 0 Å². The molecule has 7 heteroatoms. The van der Waals surface area contributed by atoms with Gasteiger partial charge in [-0.2, -0.15) is 0 Å². The smallest absolute Gasteiger partial charge is 0.338 e. The summed E-state index contributed by atoms with van der Waals surface area (Å²) in [5.41, 5.74) is 1.23. The molecule has 0 aliphatic rings. The fraction of sp³-hybridized carbons (Fsp3) is 0.176. The molecule has 0 heterocycles. The minimum absolute atomic E-state index is 0.0844. The van der Waals surface area contributed by atoms with E-state index in [0.29, 0.717) is 16.9 Å². The number of aliphatic hydroxyl groups excluding tert-OH is 1. The van der Waals surface area contributed by atoms with Gasteiger partial charge in [-0.1, -0.05) is 0 Å². The van der Waals surface area contributed by atoms with Crippen molar-refractivity contribution in [3.8, 4) is 0 Å². The van der Waals surface area contributed by atoms with Crippen molar-refractivity contribution < 1.29 is 23.8 Å². The van der Waals surface area contributed by atoms with Gasteiger partial charge in [0.15, 0.2) is 0 Å². The van der Waals surface area contributed by atoms with E-state index >= 15 is 0 Å². The largest absolute Gasteiger partial charge is 0.459 e. The predicted octanol–water partition coefficient (Wildman–Crippen LogP) is 3.01. The summed E-state index contributed by atoms with van der Waals surface area (Å²) in [5, 5.41) is 14.2. The second kappa shape index (κ2) is 8.07. The molecular weight excluding hydrogens is 315 g/mol. The number of rotatable bonds is 5. The molecule has 1 unspecified atom stereocenters. The first-order valence-corrected chi connectivity index (χ1v) is 7.23. The van der Waals surface area contributed by atoms with Gasteiger partial charge in [-0.05, 0) is 55.5 Å². The zero-order valence-corrected chi connectivity index (χ0v) is 13.0. The van der Waals surface area contributed by atoms with E-state index in [-0.39, 0.29) is 12.4 Å². The van der Waals surface area contributed by atoms with Crippen molar-refractivity contribution in [3.05, 3.63) is 59.9 Å². The molecule has 0 fully saturated rings. The number of esters is 1. The highest BCUT2D eigenvalue weighted by atomic mass is 19.1. The second-order valence-electron chi connectivity index (χ2n) is 5.11. The molecule has 24 heavy (non-hydrogen) atoms. The van der Waals surface area contributed by atoms with Crippen LogP contribution in [0.1, 0.15) is 17.3 Å². The van der Waals surface area contributed by atoms with Gasteiger partial charge in [0.2, 0.25) is 0 Å². The van der Waals surface area contributed by atoms with Crippen molar-refractivity contribution in [2.24, 2.45) is 0 Å². The molecule has 6 nitrogen and oxygen atoms in total. The van der Waals surface area contributed by atoms with Crippen LogP contribution in [-0.2, 0) is 4.74 Å². The van der Waals surface area contributed by atoms with Crippen LogP contribution in [0.4, 0.5) is 20.6 Å². The van der Waals surface area contributed by atoms with E-state index in [1.54, 1.807) is 12.1 Å². The van der Waals surface area contributed by atoms with Gasteiger partial charge < -0.3 is 20.5 Å². The molecule has 0 saturated heterocycles. The highest BCUT2D eigenvalue weighted by molar-refractivity contribution is 6.00. The third-order valence-electron chi connectivity index (χ3n) is 2.94. The molecule has 1 atom stereocenters. The lowest BCUT2D eigenvalue weighted by atomic mass is 10.2. The molecule has 0 bridgehead atoms. The van der Waals surface area contributed by atoms with Crippen LogP contribution in [0.15, 0.2) is 48.5 Å². The van der Waals surface area contributed by atoms with E-state index < -0.39 is 18.1 Å². The van der Waals surface area contributed by atoms with Gasteiger partial charge in [-0.15, -0.1) is 0 Å². The Morgan fingerprint density at radius 2 is 1.54 bits per heavy atom. The van der Waals surface area contributed by atoms with Crippen LogP contribution in [0.2, 0.25) is 0 Å². The van der Waals surface area contributed by atoms with Crippen LogP contribution < -0.4 is 10.6 Å². The standard InChI is InChI=1S/C17H17FN2O4/c1-11(21)10-24-16(22)12-2-6-14(7-3-12)19-17(23)20-15-8-4-13(18)5-9-15/h2-9,11,21H,10H2,1H3,(H2,19,20,23). The van der Waals surface area contributed by atoms with Crippen LogP contribution in [-0.4, -0.2) is 29.8 Å². The number of ether oxygens (including phenoxy) is 1. The first kappa shape index (κ1) is 17.4. The van der Waals surface area contributed by atoms with E-state index in [9.17, 15) is 14.0 Å². The Morgan fingerprint density at radius 3 is 2.04 bits per heavy atom. The van der Waals surface area contributed by atoms with Gasteiger partial charge >= 0.3 is 12.0 Å².